The maximum absolute atomic E-state index is 12.9. The van der Waals surface area contributed by atoms with Crippen LogP contribution in [0.3, 0.4) is 0 Å². The Morgan fingerprint density at radius 3 is 0.772 bits per heavy atom. The molecule has 0 aromatic carbocycles. The molecule has 6 nitrogen and oxygen atoms in total. The Hall–Kier alpha value is -2.89. The van der Waals surface area contributed by atoms with Gasteiger partial charge in [0, 0.05) is 12.8 Å². The maximum atomic E-state index is 12.9. The molecule has 0 saturated carbocycles. The van der Waals surface area contributed by atoms with Crippen molar-refractivity contribution >= 4 is 17.9 Å². The van der Waals surface area contributed by atoms with Crippen LogP contribution in [0.4, 0.5) is 0 Å². The Kier molecular flexibility index (Phi) is 65.1. The van der Waals surface area contributed by atoms with Crippen molar-refractivity contribution in [1.82, 2.24) is 0 Å². The van der Waals surface area contributed by atoms with Gasteiger partial charge in [-0.1, -0.05) is 364 Å². The number of esters is 3. The summed E-state index contributed by atoms with van der Waals surface area (Å²) >= 11 is 0. The SMILES string of the molecule is CC/C=C\C/C=C\C/C=C\C/C=C\C/C=C\CC(=O)OCC(COC(=O)CCCCCCCCCCCCCCCCCCCCCCCCCCCCCCCC)OC(=O)CCCCCCCCCCCCCCCCCC. The molecule has 0 spiro atoms. The summed E-state index contributed by atoms with van der Waals surface area (Å²) in [7, 11) is 0. The van der Waals surface area contributed by atoms with Crippen LogP contribution in [0.1, 0.15) is 367 Å². The highest BCUT2D eigenvalue weighted by molar-refractivity contribution is 5.72. The Morgan fingerprint density at radius 2 is 0.494 bits per heavy atom. The van der Waals surface area contributed by atoms with Gasteiger partial charge in [0.05, 0.1) is 6.42 Å². The van der Waals surface area contributed by atoms with Crippen molar-refractivity contribution in [1.29, 1.82) is 0 Å². The third-order valence-corrected chi connectivity index (χ3v) is 15.6. The highest BCUT2D eigenvalue weighted by atomic mass is 16.6. The number of carbonyl (C=O) groups is 3. The maximum Gasteiger partial charge on any atom is 0.309 e. The number of allylic oxidation sites excluding steroid dienone is 9. The fourth-order valence-corrected chi connectivity index (χ4v) is 10.4. The molecule has 0 aliphatic carbocycles. The lowest BCUT2D eigenvalue weighted by molar-refractivity contribution is -0.166. The Bertz CT molecular complexity index is 1410. The van der Waals surface area contributed by atoms with E-state index in [0.717, 1.165) is 70.6 Å². The second-order valence-corrected chi connectivity index (χ2v) is 23.4. The van der Waals surface area contributed by atoms with Crippen molar-refractivity contribution in [2.24, 2.45) is 0 Å². The zero-order valence-electron chi connectivity index (χ0n) is 52.9. The monoisotopic (exact) mass is 1110 g/mol. The van der Waals surface area contributed by atoms with Gasteiger partial charge in [0.1, 0.15) is 13.2 Å². The van der Waals surface area contributed by atoms with Gasteiger partial charge in [0.25, 0.3) is 0 Å². The van der Waals surface area contributed by atoms with E-state index in [0.29, 0.717) is 12.8 Å². The molecule has 0 aromatic rings. The van der Waals surface area contributed by atoms with Crippen LogP contribution in [0.2, 0.25) is 0 Å². The normalized spacial score (nSPS) is 12.4. The molecule has 0 rings (SSSR count). The summed E-state index contributed by atoms with van der Waals surface area (Å²) in [6, 6.07) is 0. The van der Waals surface area contributed by atoms with E-state index in [1.807, 2.05) is 12.2 Å². The number of ether oxygens (including phenoxy) is 3. The second kappa shape index (κ2) is 67.6. The van der Waals surface area contributed by atoms with E-state index in [4.69, 9.17) is 14.2 Å². The fourth-order valence-electron chi connectivity index (χ4n) is 10.4. The van der Waals surface area contributed by atoms with E-state index in [-0.39, 0.29) is 31.6 Å². The molecule has 0 heterocycles. The van der Waals surface area contributed by atoms with Gasteiger partial charge in [-0.2, -0.15) is 0 Å². The lowest BCUT2D eigenvalue weighted by atomic mass is 10.0. The van der Waals surface area contributed by atoms with Crippen molar-refractivity contribution in [3.63, 3.8) is 0 Å². The predicted octanol–water partition coefficient (Wildman–Crippen LogP) is 23.9. The Balaban J connectivity index is 4.22. The van der Waals surface area contributed by atoms with E-state index in [1.165, 1.54) is 257 Å². The van der Waals surface area contributed by atoms with E-state index < -0.39 is 12.1 Å². The molecule has 0 amide bonds. The minimum Gasteiger partial charge on any atom is -0.462 e. The molecule has 0 bridgehead atoms. The van der Waals surface area contributed by atoms with Crippen LogP contribution in [-0.4, -0.2) is 37.2 Å². The van der Waals surface area contributed by atoms with Crippen molar-refractivity contribution in [3.05, 3.63) is 60.8 Å². The summed E-state index contributed by atoms with van der Waals surface area (Å²) in [4.78, 5) is 38.3. The van der Waals surface area contributed by atoms with E-state index in [1.54, 1.807) is 0 Å². The molecule has 0 aliphatic heterocycles. The van der Waals surface area contributed by atoms with E-state index in [2.05, 4.69) is 69.4 Å². The summed E-state index contributed by atoms with van der Waals surface area (Å²) in [5.41, 5.74) is 0. The van der Waals surface area contributed by atoms with Gasteiger partial charge in [-0.25, -0.2) is 0 Å². The summed E-state index contributed by atoms with van der Waals surface area (Å²) in [5.74, 6) is -1.01. The zero-order valence-corrected chi connectivity index (χ0v) is 52.9. The number of unbranched alkanes of at least 4 members (excludes halogenated alkanes) is 44. The highest BCUT2D eigenvalue weighted by Gasteiger charge is 2.19. The van der Waals surface area contributed by atoms with Gasteiger partial charge < -0.3 is 14.2 Å². The Morgan fingerprint density at radius 1 is 0.266 bits per heavy atom. The lowest BCUT2D eigenvalue weighted by Gasteiger charge is -2.18. The number of hydrogen-bond donors (Lipinski definition) is 0. The van der Waals surface area contributed by atoms with Crippen LogP contribution >= 0.6 is 0 Å². The molecule has 1 atom stereocenters. The number of rotatable bonds is 64. The minimum absolute atomic E-state index is 0.0991. The minimum atomic E-state index is -0.812. The quantitative estimate of drug-likeness (QED) is 0.0261. The first-order valence-electron chi connectivity index (χ1n) is 34.8. The molecular formula is C73H132O6. The van der Waals surface area contributed by atoms with Gasteiger partial charge in [-0.05, 0) is 44.9 Å². The standard InChI is InChI=1S/C73H132O6/c1-4-7-10-13-16-19-22-25-28-30-31-32-33-34-35-36-37-38-39-40-41-42-43-46-48-51-54-57-60-63-66-72(75)78-69-70(68-77-71(74)65-62-59-56-53-50-47-44-27-24-21-18-15-12-9-6-3)79-73(76)67-64-61-58-55-52-49-45-29-26-23-20-17-14-11-8-5-2/h9,12,18,21,27,44,50,53,59,62,70H,4-8,10-11,13-17,19-20,22-26,28-43,45-49,51-52,54-58,60-61,63-69H2,1-3H3/b12-9-,21-18-,44-27-,53-50-,62-59-. The van der Waals surface area contributed by atoms with Crippen LogP contribution in [0.15, 0.2) is 60.8 Å². The molecule has 0 aliphatic rings. The topological polar surface area (TPSA) is 78.9 Å². The van der Waals surface area contributed by atoms with Gasteiger partial charge in [-0.3, -0.25) is 14.4 Å². The summed E-state index contributed by atoms with van der Waals surface area (Å²) < 4.78 is 16.9. The van der Waals surface area contributed by atoms with Crippen LogP contribution in [0, 0.1) is 0 Å². The molecule has 460 valence electrons. The van der Waals surface area contributed by atoms with Crippen LogP contribution < -0.4 is 0 Å². The first-order valence-corrected chi connectivity index (χ1v) is 34.8. The van der Waals surface area contributed by atoms with Crippen LogP contribution in [0.25, 0.3) is 0 Å². The van der Waals surface area contributed by atoms with Crippen molar-refractivity contribution in [3.8, 4) is 0 Å². The largest absolute Gasteiger partial charge is 0.462 e. The lowest BCUT2D eigenvalue weighted by Crippen LogP contribution is -2.30. The van der Waals surface area contributed by atoms with Gasteiger partial charge in [0.15, 0.2) is 6.10 Å². The highest BCUT2D eigenvalue weighted by Crippen LogP contribution is 2.19. The molecule has 6 heteroatoms. The molecular weight excluding hydrogens is 973 g/mol. The average Bonchev–Trinajstić information content (AvgIpc) is 3.45. The third kappa shape index (κ3) is 65.8. The van der Waals surface area contributed by atoms with E-state index in [9.17, 15) is 14.4 Å². The van der Waals surface area contributed by atoms with Gasteiger partial charge >= 0.3 is 17.9 Å². The summed E-state index contributed by atoms with van der Waals surface area (Å²) in [5, 5.41) is 0. The molecule has 0 saturated heterocycles. The van der Waals surface area contributed by atoms with E-state index >= 15 is 0 Å². The summed E-state index contributed by atoms with van der Waals surface area (Å²) in [6.07, 6.45) is 87.2. The first kappa shape index (κ1) is 76.1. The molecule has 0 fully saturated rings. The smallest absolute Gasteiger partial charge is 0.309 e. The molecule has 1 unspecified atom stereocenters. The van der Waals surface area contributed by atoms with Crippen molar-refractivity contribution in [2.75, 3.05) is 13.2 Å². The molecule has 0 N–H and O–H groups in total. The first-order chi connectivity index (χ1) is 39.0. The second-order valence-electron chi connectivity index (χ2n) is 23.4. The van der Waals surface area contributed by atoms with Gasteiger partial charge in [-0.15, -0.1) is 0 Å². The molecule has 79 heavy (non-hydrogen) atoms. The molecule has 0 aromatic heterocycles. The van der Waals surface area contributed by atoms with Gasteiger partial charge in [0.2, 0.25) is 0 Å². The van der Waals surface area contributed by atoms with Crippen LogP contribution in [-0.2, 0) is 28.6 Å². The van der Waals surface area contributed by atoms with Crippen molar-refractivity contribution < 1.29 is 28.6 Å². The Labute approximate surface area is 491 Å². The third-order valence-electron chi connectivity index (χ3n) is 15.6. The zero-order chi connectivity index (χ0) is 57.1. The number of hydrogen-bond acceptors (Lipinski definition) is 6. The predicted molar refractivity (Wildman–Crippen MR) is 344 cm³/mol. The average molecular weight is 1110 g/mol. The summed E-state index contributed by atoms with van der Waals surface area (Å²) in [6.45, 7) is 6.50. The van der Waals surface area contributed by atoms with Crippen LogP contribution in [0.5, 0.6) is 0 Å². The number of carbonyl (C=O) groups excluding carboxylic acids is 3. The van der Waals surface area contributed by atoms with Crippen molar-refractivity contribution in [2.45, 2.75) is 374 Å². The molecule has 0 radical (unpaired) electrons. The fraction of sp³-hybridized carbons (Fsp3) is 0.822.